The van der Waals surface area contributed by atoms with E-state index in [-0.39, 0.29) is 12.2 Å². The fourth-order valence-corrected chi connectivity index (χ4v) is 1.72. The SMILES string of the molecule is CC1(C)OC[C@H]([C@@H]2CNCCO2)O1. The van der Waals surface area contributed by atoms with Gasteiger partial charge in [-0.3, -0.25) is 0 Å². The Morgan fingerprint density at radius 1 is 1.31 bits per heavy atom. The molecule has 0 aromatic rings. The Bertz CT molecular complexity index is 178. The molecule has 2 rings (SSSR count). The summed E-state index contributed by atoms with van der Waals surface area (Å²) < 4.78 is 16.8. The Labute approximate surface area is 78.5 Å². The molecular formula is C9H17NO3. The molecule has 2 fully saturated rings. The van der Waals surface area contributed by atoms with Crippen molar-refractivity contribution in [2.75, 3.05) is 26.3 Å². The maximum absolute atomic E-state index is 5.70. The predicted molar refractivity (Wildman–Crippen MR) is 47.5 cm³/mol. The molecule has 2 heterocycles. The first-order chi connectivity index (χ1) is 6.17. The summed E-state index contributed by atoms with van der Waals surface area (Å²) >= 11 is 0. The van der Waals surface area contributed by atoms with Crippen LogP contribution >= 0.6 is 0 Å². The Morgan fingerprint density at radius 3 is 2.69 bits per heavy atom. The molecule has 0 aliphatic carbocycles. The van der Waals surface area contributed by atoms with E-state index in [4.69, 9.17) is 14.2 Å². The normalized spacial score (nSPS) is 39.2. The van der Waals surface area contributed by atoms with Crippen LogP contribution in [0, 0.1) is 0 Å². The molecule has 0 bridgehead atoms. The molecule has 0 aromatic carbocycles. The molecular weight excluding hydrogens is 170 g/mol. The summed E-state index contributed by atoms with van der Waals surface area (Å²) in [5, 5.41) is 3.28. The van der Waals surface area contributed by atoms with Crippen molar-refractivity contribution in [3.8, 4) is 0 Å². The van der Waals surface area contributed by atoms with Gasteiger partial charge in [-0.1, -0.05) is 0 Å². The van der Waals surface area contributed by atoms with Crippen LogP contribution in [0.15, 0.2) is 0 Å². The van der Waals surface area contributed by atoms with E-state index in [1.54, 1.807) is 0 Å². The van der Waals surface area contributed by atoms with Gasteiger partial charge in [-0.15, -0.1) is 0 Å². The van der Waals surface area contributed by atoms with Crippen LogP contribution in [-0.2, 0) is 14.2 Å². The van der Waals surface area contributed by atoms with E-state index in [2.05, 4.69) is 5.32 Å². The van der Waals surface area contributed by atoms with Gasteiger partial charge in [0.05, 0.1) is 19.3 Å². The molecule has 2 atom stereocenters. The second-order valence-electron chi connectivity index (χ2n) is 3.98. The minimum absolute atomic E-state index is 0.0859. The highest BCUT2D eigenvalue weighted by atomic mass is 16.7. The molecule has 2 aliphatic rings. The van der Waals surface area contributed by atoms with Crippen LogP contribution in [0.1, 0.15) is 13.8 Å². The number of ether oxygens (including phenoxy) is 3. The number of nitrogens with one attached hydrogen (secondary N) is 1. The van der Waals surface area contributed by atoms with Crippen molar-refractivity contribution >= 4 is 0 Å². The van der Waals surface area contributed by atoms with E-state index in [1.165, 1.54) is 0 Å². The van der Waals surface area contributed by atoms with Crippen LogP contribution in [0.5, 0.6) is 0 Å². The maximum atomic E-state index is 5.70. The fraction of sp³-hybridized carbons (Fsp3) is 1.00. The van der Waals surface area contributed by atoms with E-state index in [9.17, 15) is 0 Å². The van der Waals surface area contributed by atoms with Crippen LogP contribution < -0.4 is 5.32 Å². The third-order valence-corrected chi connectivity index (χ3v) is 2.40. The minimum atomic E-state index is -0.439. The molecule has 0 amide bonds. The maximum Gasteiger partial charge on any atom is 0.163 e. The Morgan fingerprint density at radius 2 is 2.15 bits per heavy atom. The van der Waals surface area contributed by atoms with Crippen LogP contribution in [0.3, 0.4) is 0 Å². The highest BCUT2D eigenvalue weighted by Crippen LogP contribution is 2.25. The second kappa shape index (κ2) is 3.53. The van der Waals surface area contributed by atoms with Crippen molar-refractivity contribution in [2.45, 2.75) is 31.8 Å². The van der Waals surface area contributed by atoms with Gasteiger partial charge in [0.25, 0.3) is 0 Å². The van der Waals surface area contributed by atoms with E-state index in [1.807, 2.05) is 13.8 Å². The number of morpholine rings is 1. The van der Waals surface area contributed by atoms with Gasteiger partial charge in [0.15, 0.2) is 5.79 Å². The highest BCUT2D eigenvalue weighted by Gasteiger charge is 2.38. The van der Waals surface area contributed by atoms with Gasteiger partial charge in [-0.05, 0) is 13.8 Å². The molecule has 4 heteroatoms. The summed E-state index contributed by atoms with van der Waals surface area (Å²) in [7, 11) is 0. The van der Waals surface area contributed by atoms with Crippen LogP contribution in [0.4, 0.5) is 0 Å². The van der Waals surface area contributed by atoms with Crippen molar-refractivity contribution in [1.29, 1.82) is 0 Å². The lowest BCUT2D eigenvalue weighted by Crippen LogP contribution is -2.46. The summed E-state index contributed by atoms with van der Waals surface area (Å²) in [4.78, 5) is 0. The van der Waals surface area contributed by atoms with Gasteiger partial charge in [0, 0.05) is 13.1 Å². The Kier molecular flexibility index (Phi) is 2.55. The average Bonchev–Trinajstić information content (AvgIpc) is 2.48. The quantitative estimate of drug-likeness (QED) is 0.633. The van der Waals surface area contributed by atoms with Crippen LogP contribution in [0.2, 0.25) is 0 Å². The molecule has 0 aromatic heterocycles. The van der Waals surface area contributed by atoms with Crippen molar-refractivity contribution in [3.63, 3.8) is 0 Å². The van der Waals surface area contributed by atoms with E-state index in [0.29, 0.717) is 6.61 Å². The Balaban J connectivity index is 1.87. The first-order valence-corrected chi connectivity index (χ1v) is 4.81. The summed E-state index contributed by atoms with van der Waals surface area (Å²) in [5.41, 5.74) is 0. The molecule has 4 nitrogen and oxygen atoms in total. The summed E-state index contributed by atoms with van der Waals surface area (Å²) in [6, 6.07) is 0. The fourth-order valence-electron chi connectivity index (χ4n) is 1.72. The zero-order valence-electron chi connectivity index (χ0n) is 8.21. The monoisotopic (exact) mass is 187 g/mol. The molecule has 0 radical (unpaired) electrons. The predicted octanol–water partition coefficient (Wildman–Crippen LogP) is 0.126. The molecule has 13 heavy (non-hydrogen) atoms. The van der Waals surface area contributed by atoms with Gasteiger partial charge >= 0.3 is 0 Å². The highest BCUT2D eigenvalue weighted by molar-refractivity contribution is 4.81. The molecule has 76 valence electrons. The number of rotatable bonds is 1. The van der Waals surface area contributed by atoms with Gasteiger partial charge in [-0.2, -0.15) is 0 Å². The lowest BCUT2D eigenvalue weighted by molar-refractivity contribution is -0.158. The summed E-state index contributed by atoms with van der Waals surface area (Å²) in [5.74, 6) is -0.439. The van der Waals surface area contributed by atoms with E-state index >= 15 is 0 Å². The topological polar surface area (TPSA) is 39.7 Å². The first kappa shape index (κ1) is 9.40. The summed E-state index contributed by atoms with van der Waals surface area (Å²) in [6.07, 6.45) is 0.235. The average molecular weight is 187 g/mol. The van der Waals surface area contributed by atoms with E-state index < -0.39 is 5.79 Å². The van der Waals surface area contributed by atoms with Gasteiger partial charge in [-0.25, -0.2) is 0 Å². The lowest BCUT2D eigenvalue weighted by Gasteiger charge is -2.28. The summed E-state index contributed by atoms with van der Waals surface area (Å²) in [6.45, 7) is 7.08. The largest absolute Gasteiger partial charge is 0.373 e. The van der Waals surface area contributed by atoms with Gasteiger partial charge < -0.3 is 19.5 Å². The lowest BCUT2D eigenvalue weighted by atomic mass is 10.2. The molecule has 0 spiro atoms. The molecule has 0 unspecified atom stereocenters. The minimum Gasteiger partial charge on any atom is -0.373 e. The standard InChI is InChI=1S/C9H17NO3/c1-9(2)12-6-8(13-9)7-5-10-3-4-11-7/h7-8,10H,3-6H2,1-2H3/t7-,8+/m0/s1. The van der Waals surface area contributed by atoms with Crippen molar-refractivity contribution in [1.82, 2.24) is 5.32 Å². The zero-order chi connectivity index (χ0) is 9.31. The smallest absolute Gasteiger partial charge is 0.163 e. The zero-order valence-corrected chi connectivity index (χ0v) is 8.21. The molecule has 2 saturated heterocycles. The van der Waals surface area contributed by atoms with Crippen molar-refractivity contribution in [3.05, 3.63) is 0 Å². The van der Waals surface area contributed by atoms with Crippen molar-refractivity contribution < 1.29 is 14.2 Å². The number of hydrogen-bond donors (Lipinski definition) is 1. The van der Waals surface area contributed by atoms with Gasteiger partial charge in [0.2, 0.25) is 0 Å². The third kappa shape index (κ3) is 2.20. The molecule has 2 aliphatic heterocycles. The second-order valence-corrected chi connectivity index (χ2v) is 3.98. The first-order valence-electron chi connectivity index (χ1n) is 4.81. The van der Waals surface area contributed by atoms with E-state index in [0.717, 1.165) is 19.7 Å². The third-order valence-electron chi connectivity index (χ3n) is 2.40. The van der Waals surface area contributed by atoms with Crippen LogP contribution in [0.25, 0.3) is 0 Å². The Hall–Kier alpha value is -0.160. The number of hydrogen-bond acceptors (Lipinski definition) is 4. The molecule has 0 saturated carbocycles. The van der Waals surface area contributed by atoms with Crippen LogP contribution in [-0.4, -0.2) is 44.3 Å². The van der Waals surface area contributed by atoms with Crippen molar-refractivity contribution in [2.24, 2.45) is 0 Å². The van der Waals surface area contributed by atoms with Gasteiger partial charge in [0.1, 0.15) is 6.10 Å². The molecule has 1 N–H and O–H groups in total.